The smallest absolute Gasteiger partial charge is 0.228 e. The van der Waals surface area contributed by atoms with Gasteiger partial charge in [0.05, 0.1) is 24.8 Å². The second-order valence-corrected chi connectivity index (χ2v) is 9.38. The molecule has 4 rings (SSSR count). The average Bonchev–Trinajstić information content (AvgIpc) is 3.25. The molecule has 2 aliphatic heterocycles. The molecule has 0 aromatic carbocycles. The third-order valence-corrected chi connectivity index (χ3v) is 7.62. The van der Waals surface area contributed by atoms with E-state index in [0.29, 0.717) is 18.5 Å². The Bertz CT molecular complexity index is 702. The summed E-state index contributed by atoms with van der Waals surface area (Å²) >= 11 is 0. The van der Waals surface area contributed by atoms with Crippen LogP contribution in [0.25, 0.3) is 0 Å². The Morgan fingerprint density at radius 1 is 1.27 bits per heavy atom. The van der Waals surface area contributed by atoms with E-state index in [1.54, 1.807) is 0 Å². The van der Waals surface area contributed by atoms with Crippen LogP contribution in [0.2, 0.25) is 0 Å². The molecule has 0 radical (unpaired) electrons. The summed E-state index contributed by atoms with van der Waals surface area (Å²) in [6.07, 6.45) is 9.42. The Morgan fingerprint density at radius 3 is 2.87 bits per heavy atom. The Hall–Kier alpha value is -1.44. The van der Waals surface area contributed by atoms with Gasteiger partial charge < -0.3 is 15.0 Å². The molecule has 1 aromatic heterocycles. The maximum absolute atomic E-state index is 13.6. The molecule has 0 spiro atoms. The molecule has 1 amide bonds. The van der Waals surface area contributed by atoms with Gasteiger partial charge in [0.2, 0.25) is 5.91 Å². The second kappa shape index (κ2) is 9.79. The van der Waals surface area contributed by atoms with E-state index >= 15 is 0 Å². The number of likely N-dealkylation sites (tertiary alicyclic amines) is 1. The van der Waals surface area contributed by atoms with Crippen molar-refractivity contribution in [2.75, 3.05) is 45.9 Å². The lowest BCUT2D eigenvalue weighted by Crippen LogP contribution is -2.60. The Morgan fingerprint density at radius 2 is 2.10 bits per heavy atom. The fourth-order valence-corrected chi connectivity index (χ4v) is 5.84. The quantitative estimate of drug-likeness (QED) is 0.736. The highest BCUT2D eigenvalue weighted by atomic mass is 16.5. The number of rotatable bonds is 7. The molecule has 3 atom stereocenters. The van der Waals surface area contributed by atoms with Gasteiger partial charge in [0.25, 0.3) is 0 Å². The maximum Gasteiger partial charge on any atom is 0.228 e. The van der Waals surface area contributed by atoms with Crippen LogP contribution in [-0.4, -0.2) is 77.5 Å². The molecule has 168 valence electrons. The number of aryl methyl sites for hydroxylation is 1. The number of nitrogens with one attached hydrogen (secondary N) is 1. The lowest BCUT2D eigenvalue weighted by atomic mass is 9.61. The zero-order valence-corrected chi connectivity index (χ0v) is 18.8. The molecule has 2 saturated heterocycles. The maximum atomic E-state index is 13.6. The Kier molecular flexibility index (Phi) is 7.11. The number of carbonyl (C=O) groups excluding carboxylic acids is 1. The predicted octanol–water partition coefficient (Wildman–Crippen LogP) is 2.12. The van der Waals surface area contributed by atoms with E-state index in [1.807, 2.05) is 10.9 Å². The molecular weight excluding hydrogens is 378 g/mol. The van der Waals surface area contributed by atoms with Crippen molar-refractivity contribution in [1.82, 2.24) is 24.9 Å². The molecule has 7 nitrogen and oxygen atoms in total. The number of ether oxygens (including phenoxy) is 1. The first kappa shape index (κ1) is 21.8. The highest BCUT2D eigenvalue weighted by Crippen LogP contribution is 2.47. The molecule has 3 fully saturated rings. The van der Waals surface area contributed by atoms with Crippen LogP contribution < -0.4 is 5.32 Å². The molecule has 1 saturated carbocycles. The SMILES string of the molecule is CCCn1cc(CNC(=O)[C@@]23CC[C@H](N4CCOCC4)C[C@H]2CCN(CC)C3)cn1. The van der Waals surface area contributed by atoms with Crippen LogP contribution in [0.1, 0.15) is 51.5 Å². The summed E-state index contributed by atoms with van der Waals surface area (Å²) in [4.78, 5) is 18.7. The highest BCUT2D eigenvalue weighted by Gasteiger charge is 2.52. The number of carbonyl (C=O) groups is 1. The van der Waals surface area contributed by atoms with Crippen LogP contribution in [0.3, 0.4) is 0 Å². The largest absolute Gasteiger partial charge is 0.379 e. The molecule has 1 aromatic rings. The third kappa shape index (κ3) is 4.58. The van der Waals surface area contributed by atoms with Gasteiger partial charge in [0.15, 0.2) is 0 Å². The van der Waals surface area contributed by atoms with Crippen LogP contribution in [0.5, 0.6) is 0 Å². The molecule has 30 heavy (non-hydrogen) atoms. The minimum absolute atomic E-state index is 0.240. The van der Waals surface area contributed by atoms with Gasteiger partial charge >= 0.3 is 0 Å². The van der Waals surface area contributed by atoms with E-state index in [1.165, 1.54) is 0 Å². The average molecular weight is 418 g/mol. The van der Waals surface area contributed by atoms with Crippen LogP contribution in [0.15, 0.2) is 12.4 Å². The molecule has 0 bridgehead atoms. The first-order valence-electron chi connectivity index (χ1n) is 12.0. The summed E-state index contributed by atoms with van der Waals surface area (Å²) in [5.74, 6) is 0.735. The number of nitrogens with zero attached hydrogens (tertiary/aromatic N) is 4. The zero-order chi connectivity index (χ0) is 21.0. The molecular formula is C23H39N5O2. The molecule has 0 unspecified atom stereocenters. The van der Waals surface area contributed by atoms with Crippen LogP contribution in [0, 0.1) is 11.3 Å². The lowest BCUT2D eigenvalue weighted by Gasteiger charge is -2.53. The van der Waals surface area contributed by atoms with Gasteiger partial charge in [-0.2, -0.15) is 5.10 Å². The summed E-state index contributed by atoms with van der Waals surface area (Å²) in [7, 11) is 0. The Balaban J connectivity index is 1.43. The summed E-state index contributed by atoms with van der Waals surface area (Å²) < 4.78 is 7.52. The van der Waals surface area contributed by atoms with Crippen LogP contribution >= 0.6 is 0 Å². The molecule has 3 aliphatic rings. The van der Waals surface area contributed by atoms with Gasteiger partial charge in [-0.05, 0) is 51.1 Å². The third-order valence-electron chi connectivity index (χ3n) is 7.62. The first-order chi connectivity index (χ1) is 14.6. The van der Waals surface area contributed by atoms with Gasteiger partial charge in [-0.15, -0.1) is 0 Å². The second-order valence-electron chi connectivity index (χ2n) is 9.38. The summed E-state index contributed by atoms with van der Waals surface area (Å²) in [5.41, 5.74) is 0.853. The van der Waals surface area contributed by atoms with E-state index in [-0.39, 0.29) is 11.3 Å². The predicted molar refractivity (Wildman–Crippen MR) is 117 cm³/mol. The van der Waals surface area contributed by atoms with Gasteiger partial charge in [-0.3, -0.25) is 14.4 Å². The number of morpholine rings is 1. The number of fused-ring (bicyclic) bond motifs is 1. The number of piperidine rings is 1. The zero-order valence-electron chi connectivity index (χ0n) is 18.8. The van der Waals surface area contributed by atoms with Crippen molar-refractivity contribution in [3.05, 3.63) is 18.0 Å². The van der Waals surface area contributed by atoms with Crippen molar-refractivity contribution < 1.29 is 9.53 Å². The normalized spacial score (nSPS) is 30.7. The monoisotopic (exact) mass is 417 g/mol. The minimum atomic E-state index is -0.240. The van der Waals surface area contributed by atoms with E-state index in [4.69, 9.17) is 4.74 Å². The van der Waals surface area contributed by atoms with Crippen LogP contribution in [-0.2, 0) is 22.6 Å². The van der Waals surface area contributed by atoms with E-state index < -0.39 is 0 Å². The Labute approximate surface area is 181 Å². The van der Waals surface area contributed by atoms with E-state index in [2.05, 4.69) is 40.3 Å². The first-order valence-corrected chi connectivity index (χ1v) is 12.0. The lowest BCUT2D eigenvalue weighted by molar-refractivity contribution is -0.145. The van der Waals surface area contributed by atoms with Gasteiger partial charge in [0, 0.05) is 50.5 Å². The number of hydrogen-bond acceptors (Lipinski definition) is 5. The summed E-state index contributed by atoms with van der Waals surface area (Å²) in [5, 5.41) is 7.71. The minimum Gasteiger partial charge on any atom is -0.379 e. The fraction of sp³-hybridized carbons (Fsp3) is 0.826. The fourth-order valence-electron chi connectivity index (χ4n) is 5.84. The standard InChI is InChI=1S/C23H39N5O2/c1-3-8-28-17-19(16-25-28)15-24-22(29)23-7-5-21(27-10-12-30-13-11-27)14-20(23)6-9-26(4-2)18-23/h16-17,20-21H,3-15,18H2,1-2H3,(H,24,29)/t20-,21+,23-/m1/s1. The molecule has 3 heterocycles. The number of amides is 1. The van der Waals surface area contributed by atoms with Crippen molar-refractivity contribution in [3.8, 4) is 0 Å². The van der Waals surface area contributed by atoms with Crippen molar-refractivity contribution >= 4 is 5.91 Å². The van der Waals surface area contributed by atoms with Crippen molar-refractivity contribution in [2.45, 2.75) is 65.1 Å². The van der Waals surface area contributed by atoms with Crippen molar-refractivity contribution in [1.29, 1.82) is 0 Å². The number of aromatic nitrogens is 2. The van der Waals surface area contributed by atoms with Gasteiger partial charge in [-0.25, -0.2) is 0 Å². The number of hydrogen-bond donors (Lipinski definition) is 1. The molecule has 1 aliphatic carbocycles. The topological polar surface area (TPSA) is 62.6 Å². The van der Waals surface area contributed by atoms with Gasteiger partial charge in [-0.1, -0.05) is 13.8 Å². The van der Waals surface area contributed by atoms with Crippen molar-refractivity contribution in [2.24, 2.45) is 11.3 Å². The molecule has 7 heteroatoms. The highest BCUT2D eigenvalue weighted by molar-refractivity contribution is 5.83. The van der Waals surface area contributed by atoms with E-state index in [0.717, 1.165) is 90.1 Å². The van der Waals surface area contributed by atoms with Crippen LogP contribution in [0.4, 0.5) is 0 Å². The molecule has 1 N–H and O–H groups in total. The van der Waals surface area contributed by atoms with Gasteiger partial charge in [0.1, 0.15) is 0 Å². The summed E-state index contributed by atoms with van der Waals surface area (Å²) in [6.45, 7) is 12.7. The van der Waals surface area contributed by atoms with Crippen molar-refractivity contribution in [3.63, 3.8) is 0 Å². The summed E-state index contributed by atoms with van der Waals surface area (Å²) in [6, 6.07) is 0.611. The van der Waals surface area contributed by atoms with E-state index in [9.17, 15) is 4.79 Å².